The number of carbonyl (C=O) groups is 4. The van der Waals surface area contributed by atoms with Crippen molar-refractivity contribution in [3.05, 3.63) is 143 Å². The maximum atomic E-state index is 14.0. The van der Waals surface area contributed by atoms with Crippen molar-refractivity contribution in [2.75, 3.05) is 26.2 Å². The number of nitrogens with one attached hydrogen (secondary N) is 2. The maximum Gasteiger partial charge on any atom is 0.243 e. The van der Waals surface area contributed by atoms with E-state index in [1.54, 1.807) is 36.4 Å². The van der Waals surface area contributed by atoms with Gasteiger partial charge in [-0.25, -0.2) is 0 Å². The van der Waals surface area contributed by atoms with Gasteiger partial charge in [0.05, 0.1) is 12.5 Å². The molecule has 10 heteroatoms. The van der Waals surface area contributed by atoms with Crippen molar-refractivity contribution in [1.82, 2.24) is 15.5 Å². The van der Waals surface area contributed by atoms with Crippen molar-refractivity contribution >= 4 is 23.5 Å². The van der Waals surface area contributed by atoms with Crippen molar-refractivity contribution in [3.63, 3.8) is 0 Å². The number of amides is 3. The molecule has 244 valence electrons. The van der Waals surface area contributed by atoms with Crippen LogP contribution in [0.1, 0.15) is 45.0 Å². The van der Waals surface area contributed by atoms with Crippen LogP contribution in [0.4, 0.5) is 0 Å². The Kier molecular flexibility index (Phi) is 12.9. The van der Waals surface area contributed by atoms with E-state index >= 15 is 0 Å². The standard InChI is InChI=1S/C37H42N6O4/c38-20-22-43(23-21-39)32(44)24-31(40)36(46)42-34(33(27-10-4-1-5-11-27)28-12-6-2-7-13-28)37(47)41-25-26-16-18-30(19-17-26)35(45)29-14-8-3-9-15-29/h1-19,31,33-34H,20-25,38-40H2,(H,41,47)(H,42,46). The van der Waals surface area contributed by atoms with E-state index in [0.717, 1.165) is 16.7 Å². The van der Waals surface area contributed by atoms with E-state index < -0.39 is 29.8 Å². The molecule has 0 saturated carbocycles. The lowest BCUT2D eigenvalue weighted by Crippen LogP contribution is -2.55. The van der Waals surface area contributed by atoms with Gasteiger partial charge in [0.1, 0.15) is 6.04 Å². The molecule has 0 aliphatic rings. The van der Waals surface area contributed by atoms with Crippen molar-refractivity contribution in [2.45, 2.75) is 31.0 Å². The molecule has 2 atom stereocenters. The van der Waals surface area contributed by atoms with Gasteiger partial charge < -0.3 is 32.7 Å². The molecule has 0 bridgehead atoms. The highest BCUT2D eigenvalue weighted by Crippen LogP contribution is 2.29. The van der Waals surface area contributed by atoms with E-state index in [9.17, 15) is 19.2 Å². The molecular weight excluding hydrogens is 592 g/mol. The molecular formula is C37H42N6O4. The number of carbonyl (C=O) groups excluding carboxylic acids is 4. The predicted molar refractivity (Wildman–Crippen MR) is 182 cm³/mol. The molecule has 3 amide bonds. The normalized spacial score (nSPS) is 12.2. The SMILES string of the molecule is NCCN(CCN)C(=O)CC(N)C(=O)NC(C(=O)NCc1ccc(C(=O)c2ccccc2)cc1)C(c1ccccc1)c1ccccc1. The summed E-state index contributed by atoms with van der Waals surface area (Å²) in [4.78, 5) is 54.7. The summed E-state index contributed by atoms with van der Waals surface area (Å²) < 4.78 is 0. The Balaban J connectivity index is 1.56. The molecule has 0 aliphatic carbocycles. The first-order chi connectivity index (χ1) is 22.8. The summed E-state index contributed by atoms with van der Waals surface area (Å²) in [5.74, 6) is -2.09. The summed E-state index contributed by atoms with van der Waals surface area (Å²) in [7, 11) is 0. The van der Waals surface area contributed by atoms with E-state index in [1.165, 1.54) is 4.90 Å². The summed E-state index contributed by atoms with van der Waals surface area (Å²) in [6.45, 7) is 1.23. The number of ketones is 1. The molecule has 8 N–H and O–H groups in total. The lowest BCUT2D eigenvalue weighted by atomic mass is 9.84. The van der Waals surface area contributed by atoms with Crippen molar-refractivity contribution in [3.8, 4) is 0 Å². The van der Waals surface area contributed by atoms with E-state index in [-0.39, 0.29) is 37.7 Å². The predicted octanol–water partition coefficient (Wildman–Crippen LogP) is 2.31. The molecule has 10 nitrogen and oxygen atoms in total. The minimum absolute atomic E-state index is 0.0958. The van der Waals surface area contributed by atoms with Crippen LogP contribution in [0.3, 0.4) is 0 Å². The van der Waals surface area contributed by atoms with E-state index in [2.05, 4.69) is 10.6 Å². The molecule has 0 aliphatic heterocycles. The lowest BCUT2D eigenvalue weighted by molar-refractivity contribution is -0.135. The third-order valence-corrected chi connectivity index (χ3v) is 7.83. The number of benzene rings is 4. The topological polar surface area (TPSA) is 174 Å². The molecule has 0 radical (unpaired) electrons. The fourth-order valence-electron chi connectivity index (χ4n) is 5.37. The molecule has 0 saturated heterocycles. The van der Waals surface area contributed by atoms with Crippen LogP contribution in [0.5, 0.6) is 0 Å². The average Bonchev–Trinajstić information content (AvgIpc) is 3.11. The molecule has 4 aromatic rings. The summed E-state index contributed by atoms with van der Waals surface area (Å²) >= 11 is 0. The quantitative estimate of drug-likeness (QED) is 0.118. The zero-order valence-corrected chi connectivity index (χ0v) is 26.3. The second-order valence-corrected chi connectivity index (χ2v) is 11.2. The molecule has 4 rings (SSSR count). The molecule has 0 fully saturated rings. The second-order valence-electron chi connectivity index (χ2n) is 11.2. The zero-order chi connectivity index (χ0) is 33.6. The number of hydrogen-bond acceptors (Lipinski definition) is 7. The first kappa shape index (κ1) is 34.7. The number of rotatable bonds is 16. The van der Waals surface area contributed by atoms with Gasteiger partial charge in [-0.1, -0.05) is 115 Å². The van der Waals surface area contributed by atoms with Crippen LogP contribution in [-0.4, -0.2) is 66.7 Å². The lowest BCUT2D eigenvalue weighted by Gasteiger charge is -2.29. The molecule has 0 heterocycles. The third kappa shape index (κ3) is 9.67. The Labute approximate surface area is 275 Å². The number of nitrogens with two attached hydrogens (primary N) is 3. The van der Waals surface area contributed by atoms with Gasteiger partial charge in [-0.3, -0.25) is 19.2 Å². The zero-order valence-electron chi connectivity index (χ0n) is 26.3. The van der Waals surface area contributed by atoms with E-state index in [4.69, 9.17) is 17.2 Å². The number of hydrogen-bond donors (Lipinski definition) is 5. The second kappa shape index (κ2) is 17.5. The number of nitrogens with zero attached hydrogens (tertiary/aromatic N) is 1. The monoisotopic (exact) mass is 634 g/mol. The van der Waals surface area contributed by atoms with Crippen LogP contribution in [0, 0.1) is 0 Å². The summed E-state index contributed by atoms with van der Waals surface area (Å²) in [6, 6.07) is 32.6. The van der Waals surface area contributed by atoms with Gasteiger partial charge in [-0.2, -0.15) is 0 Å². The first-order valence-electron chi connectivity index (χ1n) is 15.6. The fraction of sp³-hybridized carbons (Fsp3) is 0.243. The Bertz CT molecular complexity index is 1560. The van der Waals surface area contributed by atoms with Crippen LogP contribution in [0.25, 0.3) is 0 Å². The minimum Gasteiger partial charge on any atom is -0.350 e. The highest BCUT2D eigenvalue weighted by molar-refractivity contribution is 6.09. The van der Waals surface area contributed by atoms with Gasteiger partial charge in [0.2, 0.25) is 17.7 Å². The Morgan fingerprint density at radius 3 is 1.64 bits per heavy atom. The van der Waals surface area contributed by atoms with Gasteiger partial charge in [-0.15, -0.1) is 0 Å². The van der Waals surface area contributed by atoms with E-state index in [0.29, 0.717) is 24.2 Å². The van der Waals surface area contributed by atoms with Crippen molar-refractivity contribution in [1.29, 1.82) is 0 Å². The fourth-order valence-corrected chi connectivity index (χ4v) is 5.37. The van der Waals surface area contributed by atoms with Crippen molar-refractivity contribution in [2.24, 2.45) is 17.2 Å². The summed E-state index contributed by atoms with van der Waals surface area (Å²) in [5.41, 5.74) is 21.0. The van der Waals surface area contributed by atoms with Gasteiger partial charge in [-0.05, 0) is 16.7 Å². The molecule has 0 spiro atoms. The van der Waals surface area contributed by atoms with Crippen molar-refractivity contribution < 1.29 is 19.2 Å². The summed E-state index contributed by atoms with van der Waals surface area (Å²) in [5, 5.41) is 5.81. The van der Waals surface area contributed by atoms with E-state index in [1.807, 2.05) is 78.9 Å². The maximum absolute atomic E-state index is 14.0. The van der Waals surface area contributed by atoms with Crippen LogP contribution in [-0.2, 0) is 20.9 Å². The molecule has 47 heavy (non-hydrogen) atoms. The highest BCUT2D eigenvalue weighted by atomic mass is 16.2. The average molecular weight is 635 g/mol. The summed E-state index contributed by atoms with van der Waals surface area (Å²) in [6.07, 6.45) is -0.268. The molecule has 4 aromatic carbocycles. The van der Waals surface area contributed by atoms with Crippen LogP contribution >= 0.6 is 0 Å². The van der Waals surface area contributed by atoms with Crippen LogP contribution < -0.4 is 27.8 Å². The molecule has 0 aromatic heterocycles. The first-order valence-corrected chi connectivity index (χ1v) is 15.6. The molecule has 2 unspecified atom stereocenters. The highest BCUT2D eigenvalue weighted by Gasteiger charge is 2.34. The smallest absolute Gasteiger partial charge is 0.243 e. The Morgan fingerprint density at radius 1 is 0.638 bits per heavy atom. The van der Waals surface area contributed by atoms with Gasteiger partial charge >= 0.3 is 0 Å². The van der Waals surface area contributed by atoms with Gasteiger partial charge in [0, 0.05) is 49.8 Å². The van der Waals surface area contributed by atoms with Gasteiger partial charge in [0.25, 0.3) is 0 Å². The van der Waals surface area contributed by atoms with Gasteiger partial charge in [0.15, 0.2) is 5.78 Å². The largest absolute Gasteiger partial charge is 0.350 e. The minimum atomic E-state index is -1.21. The van der Waals surface area contributed by atoms with Crippen LogP contribution in [0.2, 0.25) is 0 Å². The third-order valence-electron chi connectivity index (χ3n) is 7.83. The Hall–Kier alpha value is -5.16. The van der Waals surface area contributed by atoms with Crippen LogP contribution in [0.15, 0.2) is 115 Å². The Morgan fingerprint density at radius 2 is 1.13 bits per heavy atom.